The second kappa shape index (κ2) is 12.4. The van der Waals surface area contributed by atoms with Gasteiger partial charge >= 0.3 is 0 Å². The maximum atomic E-state index is 11.3. The molecule has 5 saturated heterocycles. The van der Waals surface area contributed by atoms with Crippen molar-refractivity contribution in [2.75, 3.05) is 13.2 Å². The van der Waals surface area contributed by atoms with Crippen LogP contribution in [0.5, 0.6) is 0 Å². The van der Waals surface area contributed by atoms with E-state index in [1.165, 1.54) is 24.8 Å². The zero-order valence-corrected chi connectivity index (χ0v) is 30.4. The third-order valence-electron chi connectivity index (χ3n) is 15.8. The first kappa shape index (κ1) is 35.0. The van der Waals surface area contributed by atoms with E-state index >= 15 is 0 Å². The third kappa shape index (κ3) is 5.15. The Kier molecular flexibility index (Phi) is 8.70. The molecule has 11 nitrogen and oxygen atoms in total. The van der Waals surface area contributed by atoms with E-state index in [0.717, 1.165) is 45.1 Å². The number of aliphatic hydroxyl groups is 4. The van der Waals surface area contributed by atoms with Crippen molar-refractivity contribution >= 4 is 0 Å². The van der Waals surface area contributed by atoms with Crippen LogP contribution in [0.2, 0.25) is 0 Å². The first-order chi connectivity index (χ1) is 23.8. The number of ether oxygens (including phenoxy) is 7. The van der Waals surface area contributed by atoms with Crippen LogP contribution in [-0.2, 0) is 33.2 Å². The lowest BCUT2D eigenvalue weighted by atomic mass is 9.47. The van der Waals surface area contributed by atoms with Crippen molar-refractivity contribution in [2.24, 2.45) is 46.3 Å². The normalized spacial score (nSPS) is 60.1. The molecule has 11 heteroatoms. The molecule has 9 aliphatic rings. The predicted molar refractivity (Wildman–Crippen MR) is 178 cm³/mol. The molecule has 1 spiro atoms. The zero-order chi connectivity index (χ0) is 34.9. The molecule has 50 heavy (non-hydrogen) atoms. The van der Waals surface area contributed by atoms with E-state index in [2.05, 4.69) is 33.8 Å². The highest BCUT2D eigenvalue weighted by Crippen LogP contribution is 2.70. The molecule has 282 valence electrons. The molecule has 5 aliphatic heterocycles. The summed E-state index contributed by atoms with van der Waals surface area (Å²) in [7, 11) is 0. The molecule has 0 amide bonds. The number of rotatable bonds is 4. The Morgan fingerprint density at radius 2 is 1.60 bits per heavy atom. The van der Waals surface area contributed by atoms with Gasteiger partial charge in [0.15, 0.2) is 18.4 Å². The van der Waals surface area contributed by atoms with Crippen molar-refractivity contribution in [2.45, 2.75) is 172 Å². The highest BCUT2D eigenvalue weighted by atomic mass is 16.8. The van der Waals surface area contributed by atoms with Gasteiger partial charge in [-0.1, -0.05) is 39.3 Å². The Morgan fingerprint density at radius 1 is 0.800 bits per heavy atom. The van der Waals surface area contributed by atoms with Crippen LogP contribution in [0.15, 0.2) is 11.6 Å². The fourth-order valence-electron chi connectivity index (χ4n) is 12.9. The topological polar surface area (TPSA) is 146 Å². The highest BCUT2D eigenvalue weighted by molar-refractivity contribution is 5.26. The first-order valence-corrected chi connectivity index (χ1v) is 19.8. The Balaban J connectivity index is 0.843. The number of hydrogen-bond donors (Lipinski definition) is 4. The predicted octanol–water partition coefficient (Wildman–Crippen LogP) is 3.44. The zero-order valence-electron chi connectivity index (χ0n) is 30.4. The summed E-state index contributed by atoms with van der Waals surface area (Å²) in [6, 6.07) is 0. The summed E-state index contributed by atoms with van der Waals surface area (Å²) >= 11 is 0. The maximum Gasteiger partial charge on any atom is 0.187 e. The second-order valence-electron chi connectivity index (χ2n) is 18.4. The minimum absolute atomic E-state index is 0.0632. The molecule has 3 saturated carbocycles. The van der Waals surface area contributed by atoms with Gasteiger partial charge in [-0.2, -0.15) is 0 Å². The highest BCUT2D eigenvalue weighted by Gasteiger charge is 2.69. The minimum atomic E-state index is -1.44. The van der Waals surface area contributed by atoms with Crippen LogP contribution in [0.4, 0.5) is 0 Å². The van der Waals surface area contributed by atoms with Crippen LogP contribution < -0.4 is 0 Å². The van der Waals surface area contributed by atoms with Gasteiger partial charge in [0.1, 0.15) is 42.7 Å². The lowest BCUT2D eigenvalue weighted by Gasteiger charge is -2.58. The average molecular weight is 705 g/mol. The first-order valence-electron chi connectivity index (χ1n) is 19.8. The lowest BCUT2D eigenvalue weighted by Crippen LogP contribution is -2.61. The lowest BCUT2D eigenvalue weighted by molar-refractivity contribution is -0.339. The van der Waals surface area contributed by atoms with Gasteiger partial charge in [-0.3, -0.25) is 0 Å². The van der Waals surface area contributed by atoms with Crippen LogP contribution >= 0.6 is 0 Å². The van der Waals surface area contributed by atoms with Crippen molar-refractivity contribution in [3.05, 3.63) is 11.6 Å². The molecule has 21 atom stereocenters. The molecule has 8 fully saturated rings. The van der Waals surface area contributed by atoms with Gasteiger partial charge < -0.3 is 53.6 Å². The molecular formula is C39H60O11. The van der Waals surface area contributed by atoms with Crippen molar-refractivity contribution in [3.8, 4) is 0 Å². The average Bonchev–Trinajstić information content (AvgIpc) is 3.67. The van der Waals surface area contributed by atoms with Crippen LogP contribution in [0.3, 0.4) is 0 Å². The van der Waals surface area contributed by atoms with Crippen LogP contribution in [0.1, 0.15) is 92.4 Å². The molecule has 0 aromatic carbocycles. The standard InChI is InChI=1S/C39H60O11/c1-18-8-13-39(45-16-18)19(2)28-26(50-39)15-25-23-7-6-21-14-22(9-11-37(21,4)24(23)10-12-38(25,28)5)47-36-32(43)34-33(27(48-36)17-44-34)49-35-31(42)30(41)29(40)20(3)46-35/h6,18-20,22-36,40-43H,7-17H2,1-5H3/t18-,19+,20+,22+,23-,24+,25+,26+,27-,28+,29+,30-,31-,32-,33-,34-,35+,36-,37+,38+,39-/m1/s1. The Bertz CT molecular complexity index is 1320. The molecular weight excluding hydrogens is 644 g/mol. The second-order valence-corrected chi connectivity index (χ2v) is 18.4. The van der Waals surface area contributed by atoms with Gasteiger partial charge in [0.2, 0.25) is 0 Å². The number of fused-ring (bicyclic) bond motifs is 9. The minimum Gasteiger partial charge on any atom is -0.388 e. The quantitative estimate of drug-likeness (QED) is 0.320. The van der Waals surface area contributed by atoms with Crippen molar-refractivity contribution in [3.63, 3.8) is 0 Å². The molecule has 0 radical (unpaired) electrons. The van der Waals surface area contributed by atoms with Crippen LogP contribution in [-0.4, -0.2) is 113 Å². The Labute approximate surface area is 296 Å². The van der Waals surface area contributed by atoms with Crippen molar-refractivity contribution in [1.29, 1.82) is 0 Å². The summed E-state index contributed by atoms with van der Waals surface area (Å²) in [6.45, 7) is 12.5. The van der Waals surface area contributed by atoms with E-state index < -0.39 is 61.4 Å². The van der Waals surface area contributed by atoms with Gasteiger partial charge in [-0.15, -0.1) is 0 Å². The Hall–Kier alpha value is -0.700. The Morgan fingerprint density at radius 3 is 2.38 bits per heavy atom. The molecule has 0 aromatic rings. The van der Waals surface area contributed by atoms with Gasteiger partial charge in [-0.05, 0) is 98.7 Å². The largest absolute Gasteiger partial charge is 0.388 e. The van der Waals surface area contributed by atoms with E-state index in [-0.39, 0.29) is 23.9 Å². The molecule has 2 bridgehead atoms. The molecule has 5 heterocycles. The summed E-state index contributed by atoms with van der Waals surface area (Å²) < 4.78 is 43.9. The molecule has 4 N–H and O–H groups in total. The van der Waals surface area contributed by atoms with Crippen molar-refractivity contribution in [1.82, 2.24) is 0 Å². The monoisotopic (exact) mass is 704 g/mol. The maximum absolute atomic E-state index is 11.3. The SMILES string of the molecule is C[C@@H]1CC[C@@]2(OC1)O[C@H]1C[C@H]3[C@@H]4CC=C5C[C@@H](O[C@@H]6O[C@@H]7CO[C@H]([C@H]6O)[C@@H]7O[C@@H]6O[C@@H](C)[C@H](O)[C@@H](O)[C@H]6O)CC[C@]5(C)[C@H]4CC[C@]3(C)[C@H]1[C@@H]2C. The van der Waals surface area contributed by atoms with Crippen LogP contribution in [0, 0.1) is 46.3 Å². The molecule has 0 aromatic heterocycles. The van der Waals surface area contributed by atoms with Crippen LogP contribution in [0.25, 0.3) is 0 Å². The number of hydrogen-bond acceptors (Lipinski definition) is 11. The van der Waals surface area contributed by atoms with E-state index in [9.17, 15) is 20.4 Å². The summed E-state index contributed by atoms with van der Waals surface area (Å²) in [5.74, 6) is 3.26. The molecule has 9 rings (SSSR count). The van der Waals surface area contributed by atoms with E-state index in [1.54, 1.807) is 6.92 Å². The summed E-state index contributed by atoms with van der Waals surface area (Å²) in [5, 5.41) is 42.1. The van der Waals surface area contributed by atoms with E-state index in [4.69, 9.17) is 33.2 Å². The number of aliphatic hydroxyl groups excluding tert-OH is 4. The van der Waals surface area contributed by atoms with E-state index in [0.29, 0.717) is 47.0 Å². The van der Waals surface area contributed by atoms with Gasteiger partial charge in [0.05, 0.1) is 31.5 Å². The van der Waals surface area contributed by atoms with Crippen molar-refractivity contribution < 1.29 is 53.6 Å². The van der Waals surface area contributed by atoms with Gasteiger partial charge in [0, 0.05) is 12.3 Å². The molecule has 0 unspecified atom stereocenters. The fourth-order valence-corrected chi connectivity index (χ4v) is 12.9. The molecule has 4 aliphatic carbocycles. The smallest absolute Gasteiger partial charge is 0.187 e. The summed E-state index contributed by atoms with van der Waals surface area (Å²) in [5.41, 5.74) is 1.96. The summed E-state index contributed by atoms with van der Waals surface area (Å²) in [4.78, 5) is 0. The van der Waals surface area contributed by atoms with Gasteiger partial charge in [0.25, 0.3) is 0 Å². The fraction of sp³-hybridized carbons (Fsp3) is 0.949. The summed E-state index contributed by atoms with van der Waals surface area (Å²) in [6.07, 6.45) is 2.75. The third-order valence-corrected chi connectivity index (χ3v) is 15.8. The van der Waals surface area contributed by atoms with Gasteiger partial charge in [-0.25, -0.2) is 0 Å². The van der Waals surface area contributed by atoms with E-state index in [1.807, 2.05) is 0 Å². The number of allylic oxidation sites excluding steroid dienone is 1.